The molecule has 1 heterocycles. The number of nitrogens with one attached hydrogen (secondary N) is 1. The van der Waals surface area contributed by atoms with Crippen molar-refractivity contribution in [3.8, 4) is 6.07 Å². The molecule has 4 nitrogen and oxygen atoms in total. The first-order chi connectivity index (χ1) is 10.1. The second-order valence-corrected chi connectivity index (χ2v) is 5.88. The molecule has 0 aromatic carbocycles. The maximum absolute atomic E-state index is 9.30. The van der Waals surface area contributed by atoms with Crippen molar-refractivity contribution in [3.05, 3.63) is 30.1 Å². The maximum Gasteiger partial charge on any atom is 0.103 e. The summed E-state index contributed by atoms with van der Waals surface area (Å²) < 4.78 is 0. The lowest BCUT2D eigenvalue weighted by atomic mass is 9.97. The van der Waals surface area contributed by atoms with E-state index in [4.69, 9.17) is 0 Å². The van der Waals surface area contributed by atoms with Crippen molar-refractivity contribution in [1.82, 2.24) is 15.2 Å². The van der Waals surface area contributed by atoms with Gasteiger partial charge in [0.25, 0.3) is 0 Å². The third-order valence-corrected chi connectivity index (χ3v) is 3.76. The van der Waals surface area contributed by atoms with Crippen LogP contribution in [0.3, 0.4) is 0 Å². The summed E-state index contributed by atoms with van der Waals surface area (Å²) in [5, 5.41) is 12.6. The second-order valence-electron chi connectivity index (χ2n) is 5.88. The van der Waals surface area contributed by atoms with Crippen molar-refractivity contribution in [3.63, 3.8) is 0 Å². The minimum atomic E-state index is -0.387. The van der Waals surface area contributed by atoms with E-state index in [2.05, 4.69) is 47.4 Å². The lowest BCUT2D eigenvalue weighted by Gasteiger charge is -2.24. The molecule has 0 bridgehead atoms. The zero-order valence-electron chi connectivity index (χ0n) is 13.6. The molecule has 1 N–H and O–H groups in total. The van der Waals surface area contributed by atoms with Gasteiger partial charge < -0.3 is 4.90 Å². The average molecular weight is 288 g/mol. The van der Waals surface area contributed by atoms with Gasteiger partial charge in [0.2, 0.25) is 0 Å². The highest BCUT2D eigenvalue weighted by molar-refractivity contribution is 5.09. The highest BCUT2D eigenvalue weighted by atomic mass is 15.1. The molecule has 1 atom stereocenters. The largest absolute Gasteiger partial charge is 0.306 e. The minimum Gasteiger partial charge on any atom is -0.306 e. The van der Waals surface area contributed by atoms with Crippen molar-refractivity contribution in [2.75, 3.05) is 26.7 Å². The van der Waals surface area contributed by atoms with Gasteiger partial charge in [-0.25, -0.2) is 0 Å². The van der Waals surface area contributed by atoms with Gasteiger partial charge in [0.05, 0.1) is 6.07 Å². The molecule has 1 aromatic heterocycles. The van der Waals surface area contributed by atoms with E-state index in [0.717, 1.165) is 45.3 Å². The number of pyridine rings is 1. The quantitative estimate of drug-likeness (QED) is 0.719. The number of rotatable bonds is 10. The molecule has 0 saturated heterocycles. The Morgan fingerprint density at radius 1 is 1.33 bits per heavy atom. The van der Waals surface area contributed by atoms with Crippen LogP contribution in [0.15, 0.2) is 24.5 Å². The Balaban J connectivity index is 2.23. The summed E-state index contributed by atoms with van der Waals surface area (Å²) in [4.78, 5) is 6.36. The highest BCUT2D eigenvalue weighted by Gasteiger charge is 2.21. The second kappa shape index (κ2) is 9.49. The van der Waals surface area contributed by atoms with Crippen LogP contribution in [-0.4, -0.2) is 42.1 Å². The zero-order chi connectivity index (χ0) is 15.6. The summed E-state index contributed by atoms with van der Waals surface area (Å²) in [6.07, 6.45) is 7.71. The summed E-state index contributed by atoms with van der Waals surface area (Å²) in [6.45, 7) is 7.09. The minimum absolute atomic E-state index is 0.387. The fraction of sp³-hybridized carbons (Fsp3) is 0.647. The molecule has 0 radical (unpaired) electrons. The lowest BCUT2D eigenvalue weighted by molar-refractivity contribution is 0.307. The fourth-order valence-electron chi connectivity index (χ4n) is 2.27. The molecule has 0 aliphatic heterocycles. The molecule has 0 fully saturated rings. The normalized spacial score (nSPS) is 13.9. The third-order valence-electron chi connectivity index (χ3n) is 3.76. The van der Waals surface area contributed by atoms with E-state index in [1.165, 1.54) is 5.56 Å². The Morgan fingerprint density at radius 3 is 2.67 bits per heavy atom. The molecule has 0 spiro atoms. The molecule has 1 aromatic rings. The Kier molecular flexibility index (Phi) is 7.96. The van der Waals surface area contributed by atoms with Crippen LogP contribution in [0.1, 0.15) is 38.7 Å². The molecule has 0 saturated carbocycles. The van der Waals surface area contributed by atoms with Crippen LogP contribution in [0, 0.1) is 11.3 Å². The molecule has 1 rings (SSSR count). The SMILES string of the molecule is CCCNC(C)(C#N)CCCN(C)CCc1ccncc1. The van der Waals surface area contributed by atoms with Gasteiger partial charge in [0.15, 0.2) is 0 Å². The maximum atomic E-state index is 9.30. The van der Waals surface area contributed by atoms with Gasteiger partial charge in [0, 0.05) is 18.9 Å². The first-order valence-electron chi connectivity index (χ1n) is 7.83. The first kappa shape index (κ1) is 17.6. The van der Waals surface area contributed by atoms with Crippen LogP contribution in [0.2, 0.25) is 0 Å². The molecule has 116 valence electrons. The van der Waals surface area contributed by atoms with Crippen molar-refractivity contribution in [2.45, 2.75) is 45.1 Å². The van der Waals surface area contributed by atoms with Crippen molar-refractivity contribution in [2.24, 2.45) is 0 Å². The summed E-state index contributed by atoms with van der Waals surface area (Å²) in [5.41, 5.74) is 0.936. The van der Waals surface area contributed by atoms with E-state index in [0.29, 0.717) is 0 Å². The van der Waals surface area contributed by atoms with Crippen LogP contribution in [-0.2, 0) is 6.42 Å². The van der Waals surface area contributed by atoms with E-state index in [1.807, 2.05) is 19.3 Å². The van der Waals surface area contributed by atoms with Gasteiger partial charge >= 0.3 is 0 Å². The Labute approximate surface area is 129 Å². The topological polar surface area (TPSA) is 52.0 Å². The predicted octanol–water partition coefficient (Wildman–Crippen LogP) is 2.62. The van der Waals surface area contributed by atoms with E-state index in [9.17, 15) is 5.26 Å². The number of nitrogens with zero attached hydrogens (tertiary/aromatic N) is 3. The monoisotopic (exact) mass is 288 g/mol. The molecule has 0 aliphatic rings. The molecular weight excluding hydrogens is 260 g/mol. The van der Waals surface area contributed by atoms with Gasteiger partial charge in [0.1, 0.15) is 5.54 Å². The summed E-state index contributed by atoms with van der Waals surface area (Å²) in [7, 11) is 2.14. The van der Waals surface area contributed by atoms with E-state index >= 15 is 0 Å². The molecule has 4 heteroatoms. The standard InChI is InChI=1S/C17H28N4/c1-4-10-20-17(2,15-18)9-5-13-21(3)14-8-16-6-11-19-12-7-16/h6-7,11-12,20H,4-5,8-10,13-14H2,1-3H3. The summed E-state index contributed by atoms with van der Waals surface area (Å²) in [5.74, 6) is 0. The van der Waals surface area contributed by atoms with Crippen LogP contribution in [0.5, 0.6) is 0 Å². The van der Waals surface area contributed by atoms with Crippen molar-refractivity contribution >= 4 is 0 Å². The Morgan fingerprint density at radius 2 is 2.05 bits per heavy atom. The molecular formula is C17H28N4. The van der Waals surface area contributed by atoms with Crippen molar-refractivity contribution < 1.29 is 0 Å². The van der Waals surface area contributed by atoms with Crippen molar-refractivity contribution in [1.29, 1.82) is 5.26 Å². The zero-order valence-corrected chi connectivity index (χ0v) is 13.6. The number of likely N-dealkylation sites (N-methyl/N-ethyl adjacent to an activating group) is 1. The van der Waals surface area contributed by atoms with Gasteiger partial charge in [-0.05, 0) is 70.4 Å². The summed E-state index contributed by atoms with van der Waals surface area (Å²) in [6, 6.07) is 6.54. The van der Waals surface area contributed by atoms with E-state index in [1.54, 1.807) is 0 Å². The number of nitriles is 1. The predicted molar refractivity (Wildman–Crippen MR) is 87.0 cm³/mol. The van der Waals surface area contributed by atoms with Gasteiger partial charge in [-0.1, -0.05) is 6.92 Å². The third kappa shape index (κ3) is 7.22. The number of hydrogen-bond acceptors (Lipinski definition) is 4. The number of hydrogen-bond donors (Lipinski definition) is 1. The lowest BCUT2D eigenvalue weighted by Crippen LogP contribution is -2.41. The highest BCUT2D eigenvalue weighted by Crippen LogP contribution is 2.11. The molecule has 0 aliphatic carbocycles. The summed E-state index contributed by atoms with van der Waals surface area (Å²) >= 11 is 0. The van der Waals surface area contributed by atoms with Crippen LogP contribution in [0.4, 0.5) is 0 Å². The van der Waals surface area contributed by atoms with Crippen LogP contribution >= 0.6 is 0 Å². The van der Waals surface area contributed by atoms with E-state index < -0.39 is 0 Å². The molecule has 21 heavy (non-hydrogen) atoms. The van der Waals surface area contributed by atoms with Crippen LogP contribution < -0.4 is 5.32 Å². The smallest absolute Gasteiger partial charge is 0.103 e. The molecule has 1 unspecified atom stereocenters. The van der Waals surface area contributed by atoms with Gasteiger partial charge in [-0.15, -0.1) is 0 Å². The van der Waals surface area contributed by atoms with E-state index in [-0.39, 0.29) is 5.54 Å². The Hall–Kier alpha value is -1.44. The van der Waals surface area contributed by atoms with Crippen LogP contribution in [0.25, 0.3) is 0 Å². The first-order valence-corrected chi connectivity index (χ1v) is 7.83. The fourth-order valence-corrected chi connectivity index (χ4v) is 2.27. The number of aromatic nitrogens is 1. The Bertz CT molecular complexity index is 426. The van der Waals surface area contributed by atoms with Gasteiger partial charge in [-0.3, -0.25) is 10.3 Å². The van der Waals surface area contributed by atoms with Gasteiger partial charge in [-0.2, -0.15) is 5.26 Å². The molecule has 0 amide bonds. The average Bonchev–Trinajstić information content (AvgIpc) is 2.52.